The van der Waals surface area contributed by atoms with Crippen molar-refractivity contribution in [1.29, 1.82) is 0 Å². The summed E-state index contributed by atoms with van der Waals surface area (Å²) in [7, 11) is -3.40. The molecule has 1 aliphatic rings. The van der Waals surface area contributed by atoms with Gasteiger partial charge in [0.15, 0.2) is 9.84 Å². The largest absolute Gasteiger partial charge is 0.507 e. The first-order chi connectivity index (χ1) is 9.09. The van der Waals surface area contributed by atoms with Crippen LogP contribution >= 0.6 is 0 Å². The zero-order chi connectivity index (χ0) is 13.7. The van der Waals surface area contributed by atoms with Crippen molar-refractivity contribution in [3.63, 3.8) is 0 Å². The fourth-order valence-electron chi connectivity index (χ4n) is 2.13. The molecule has 0 aromatic heterocycles. The number of hydrogen-bond donors (Lipinski definition) is 1. The van der Waals surface area contributed by atoms with E-state index in [9.17, 15) is 13.5 Å². The van der Waals surface area contributed by atoms with Gasteiger partial charge >= 0.3 is 0 Å². The molecule has 1 aromatic carbocycles. The first-order valence-corrected chi connectivity index (χ1v) is 8.06. The van der Waals surface area contributed by atoms with Gasteiger partial charge in [0, 0.05) is 13.1 Å². The van der Waals surface area contributed by atoms with E-state index in [1.807, 2.05) is 0 Å². The highest BCUT2D eigenvalue weighted by Crippen LogP contribution is 2.23. The predicted octanol–water partition coefficient (Wildman–Crippen LogP) is 0.888. The number of nitrogens with zero attached hydrogens (tertiary/aromatic N) is 1. The van der Waals surface area contributed by atoms with Gasteiger partial charge in [-0.1, -0.05) is 12.1 Å². The second kappa shape index (κ2) is 6.36. The molecule has 0 bridgehead atoms. The third kappa shape index (κ3) is 3.92. The van der Waals surface area contributed by atoms with E-state index in [1.165, 1.54) is 12.1 Å². The minimum absolute atomic E-state index is 0.0250. The highest BCUT2D eigenvalue weighted by Gasteiger charge is 2.19. The van der Waals surface area contributed by atoms with E-state index in [4.69, 9.17) is 4.74 Å². The van der Waals surface area contributed by atoms with Crippen LogP contribution in [0, 0.1) is 0 Å². The van der Waals surface area contributed by atoms with Gasteiger partial charge in [-0.2, -0.15) is 0 Å². The van der Waals surface area contributed by atoms with Crippen molar-refractivity contribution in [2.75, 3.05) is 38.6 Å². The fraction of sp³-hybridized carbons (Fsp3) is 0.538. The second-order valence-electron chi connectivity index (χ2n) is 4.59. The number of ether oxygens (including phenoxy) is 1. The molecule has 1 aromatic rings. The van der Waals surface area contributed by atoms with E-state index in [0.29, 0.717) is 19.6 Å². The summed E-state index contributed by atoms with van der Waals surface area (Å²) < 4.78 is 29.4. The maximum Gasteiger partial charge on any atom is 0.182 e. The fourth-order valence-corrected chi connectivity index (χ4v) is 3.53. The van der Waals surface area contributed by atoms with Gasteiger partial charge in [-0.15, -0.1) is 0 Å². The molecule has 0 saturated carbocycles. The summed E-state index contributed by atoms with van der Waals surface area (Å²) in [6.45, 7) is 3.89. The van der Waals surface area contributed by atoms with Crippen LogP contribution in [-0.4, -0.2) is 57.0 Å². The normalized spacial score (nSPS) is 17.5. The molecule has 2 rings (SSSR count). The lowest BCUT2D eigenvalue weighted by Crippen LogP contribution is -2.37. The molecule has 1 saturated heterocycles. The quantitative estimate of drug-likeness (QED) is 0.870. The Bertz CT molecular complexity index is 509. The molecule has 0 aliphatic carbocycles. The molecular formula is C13H19NO4S. The Balaban J connectivity index is 1.89. The van der Waals surface area contributed by atoms with E-state index < -0.39 is 9.84 Å². The summed E-state index contributed by atoms with van der Waals surface area (Å²) >= 11 is 0. The number of phenolic OH excluding ortho intramolecular Hbond substituents is 1. The molecule has 0 spiro atoms. The van der Waals surface area contributed by atoms with Crippen LogP contribution in [0.2, 0.25) is 0 Å². The lowest BCUT2D eigenvalue weighted by Gasteiger charge is -2.26. The van der Waals surface area contributed by atoms with Crippen molar-refractivity contribution in [3.05, 3.63) is 24.3 Å². The van der Waals surface area contributed by atoms with Crippen molar-refractivity contribution in [3.8, 4) is 5.75 Å². The number of rotatable bonds is 5. The first-order valence-electron chi connectivity index (χ1n) is 6.40. The van der Waals surface area contributed by atoms with Crippen molar-refractivity contribution < 1.29 is 18.3 Å². The van der Waals surface area contributed by atoms with Gasteiger partial charge in [0.05, 0.1) is 19.0 Å². The van der Waals surface area contributed by atoms with Crippen molar-refractivity contribution in [2.45, 2.75) is 11.3 Å². The van der Waals surface area contributed by atoms with E-state index in [1.54, 1.807) is 12.1 Å². The summed E-state index contributed by atoms with van der Waals surface area (Å²) in [5.74, 6) is -0.115. The third-order valence-corrected chi connectivity index (χ3v) is 5.03. The summed E-state index contributed by atoms with van der Waals surface area (Å²) in [5, 5.41) is 9.59. The van der Waals surface area contributed by atoms with Crippen molar-refractivity contribution in [2.24, 2.45) is 0 Å². The highest BCUT2D eigenvalue weighted by molar-refractivity contribution is 7.91. The van der Waals surface area contributed by atoms with Gasteiger partial charge in [-0.05, 0) is 25.1 Å². The lowest BCUT2D eigenvalue weighted by atomic mass is 10.3. The summed E-state index contributed by atoms with van der Waals surface area (Å²) in [5.41, 5.74) is 0. The average molecular weight is 285 g/mol. The number of sulfone groups is 1. The Morgan fingerprint density at radius 3 is 2.58 bits per heavy atom. The van der Waals surface area contributed by atoms with Crippen molar-refractivity contribution in [1.82, 2.24) is 4.90 Å². The molecule has 0 radical (unpaired) electrons. The molecule has 106 valence electrons. The van der Waals surface area contributed by atoms with Gasteiger partial charge in [0.1, 0.15) is 10.6 Å². The molecule has 5 nitrogen and oxygen atoms in total. The van der Waals surface area contributed by atoms with Gasteiger partial charge in [0.2, 0.25) is 0 Å². The van der Waals surface area contributed by atoms with Crippen LogP contribution in [0.1, 0.15) is 6.42 Å². The second-order valence-corrected chi connectivity index (χ2v) is 6.67. The number of hydrogen-bond acceptors (Lipinski definition) is 5. The van der Waals surface area contributed by atoms with Gasteiger partial charge in [-0.25, -0.2) is 8.42 Å². The number of benzene rings is 1. The zero-order valence-electron chi connectivity index (χ0n) is 10.8. The SMILES string of the molecule is O=S(=O)(CCCN1CCOCC1)c1ccccc1O. The molecule has 1 N–H and O–H groups in total. The summed E-state index contributed by atoms with van der Waals surface area (Å²) in [4.78, 5) is 2.22. The molecular weight excluding hydrogens is 266 g/mol. The standard InChI is InChI=1S/C13H19NO4S/c15-12-4-1-2-5-13(12)19(16,17)11-3-6-14-7-9-18-10-8-14/h1-2,4-5,15H,3,6-11H2. The maximum atomic E-state index is 12.1. The Kier molecular flexibility index (Phi) is 4.79. The van der Waals surface area contributed by atoms with Crippen LogP contribution < -0.4 is 0 Å². The Morgan fingerprint density at radius 1 is 1.21 bits per heavy atom. The van der Waals surface area contributed by atoms with Crippen LogP contribution in [0.4, 0.5) is 0 Å². The molecule has 1 aliphatic heterocycles. The van der Waals surface area contributed by atoms with Crippen LogP contribution in [0.3, 0.4) is 0 Å². The smallest absolute Gasteiger partial charge is 0.182 e. The lowest BCUT2D eigenvalue weighted by molar-refractivity contribution is 0.0381. The molecule has 1 heterocycles. The van der Waals surface area contributed by atoms with Gasteiger partial charge in [0.25, 0.3) is 0 Å². The molecule has 0 amide bonds. The molecule has 6 heteroatoms. The monoisotopic (exact) mass is 285 g/mol. The van der Waals surface area contributed by atoms with Gasteiger partial charge < -0.3 is 9.84 Å². The first kappa shape index (κ1) is 14.3. The van der Waals surface area contributed by atoms with E-state index in [-0.39, 0.29) is 16.4 Å². The number of phenols is 1. The zero-order valence-corrected chi connectivity index (χ0v) is 11.6. The molecule has 19 heavy (non-hydrogen) atoms. The Morgan fingerprint density at radius 2 is 1.89 bits per heavy atom. The van der Waals surface area contributed by atoms with Crippen molar-refractivity contribution >= 4 is 9.84 Å². The van der Waals surface area contributed by atoms with Crippen LogP contribution in [-0.2, 0) is 14.6 Å². The van der Waals surface area contributed by atoms with E-state index in [2.05, 4.69) is 4.90 Å². The van der Waals surface area contributed by atoms with Crippen LogP contribution in [0.5, 0.6) is 5.75 Å². The number of para-hydroxylation sites is 1. The molecule has 0 atom stereocenters. The van der Waals surface area contributed by atoms with Crippen LogP contribution in [0.25, 0.3) is 0 Å². The minimum atomic E-state index is -3.40. The minimum Gasteiger partial charge on any atom is -0.507 e. The van der Waals surface area contributed by atoms with E-state index in [0.717, 1.165) is 19.6 Å². The Labute approximate surface area is 113 Å². The van der Waals surface area contributed by atoms with Gasteiger partial charge in [-0.3, -0.25) is 4.90 Å². The highest BCUT2D eigenvalue weighted by atomic mass is 32.2. The Hall–Kier alpha value is -1.11. The predicted molar refractivity (Wildman–Crippen MR) is 72.0 cm³/mol. The third-order valence-electron chi connectivity index (χ3n) is 3.19. The van der Waals surface area contributed by atoms with E-state index >= 15 is 0 Å². The maximum absolute atomic E-state index is 12.1. The summed E-state index contributed by atoms with van der Waals surface area (Å²) in [6.07, 6.45) is 0.566. The molecule has 0 unspecified atom stereocenters. The topological polar surface area (TPSA) is 66.8 Å². The molecule has 1 fully saturated rings. The van der Waals surface area contributed by atoms with Crippen LogP contribution in [0.15, 0.2) is 29.2 Å². The average Bonchev–Trinajstić information content (AvgIpc) is 2.40. The number of aromatic hydroxyl groups is 1. The number of morpholine rings is 1. The summed E-state index contributed by atoms with van der Waals surface area (Å²) in [6, 6.07) is 6.07.